The maximum atomic E-state index is 12.7. The van der Waals surface area contributed by atoms with Crippen molar-refractivity contribution in [1.82, 2.24) is 0 Å². The molecule has 0 saturated heterocycles. The van der Waals surface area contributed by atoms with Crippen LogP contribution in [-0.4, -0.2) is 25.5 Å². The average molecular weight is 380 g/mol. The van der Waals surface area contributed by atoms with Crippen molar-refractivity contribution in [3.05, 3.63) is 54.1 Å². The van der Waals surface area contributed by atoms with Crippen molar-refractivity contribution >= 4 is 23.2 Å². The summed E-state index contributed by atoms with van der Waals surface area (Å²) in [5.41, 5.74) is -0.201. The molecule has 0 heterocycles. The highest BCUT2D eigenvalue weighted by molar-refractivity contribution is 5.94. The van der Waals surface area contributed by atoms with Crippen molar-refractivity contribution in [3.63, 3.8) is 0 Å². The van der Waals surface area contributed by atoms with Gasteiger partial charge in [0.05, 0.1) is 12.7 Å². The van der Waals surface area contributed by atoms with Crippen LogP contribution < -0.4 is 15.0 Å². The van der Waals surface area contributed by atoms with Crippen molar-refractivity contribution in [3.8, 4) is 5.75 Å². The van der Waals surface area contributed by atoms with Crippen molar-refractivity contribution in [2.75, 3.05) is 23.9 Å². The molecular weight excluding hydrogens is 361 g/mol. The second-order valence-electron chi connectivity index (χ2n) is 5.75. The Labute approximate surface area is 154 Å². The molecule has 2 aromatic carbocycles. The number of hydrogen-bond acceptors (Lipinski definition) is 3. The van der Waals surface area contributed by atoms with Crippen molar-refractivity contribution < 1.29 is 27.5 Å². The maximum absolute atomic E-state index is 12.7. The first kappa shape index (κ1) is 20.3. The highest BCUT2D eigenvalue weighted by Crippen LogP contribution is 2.30. The number of methoxy groups -OCH3 is 1. The van der Waals surface area contributed by atoms with E-state index in [4.69, 9.17) is 4.74 Å². The molecule has 0 bridgehead atoms. The second-order valence-corrected chi connectivity index (χ2v) is 5.75. The van der Waals surface area contributed by atoms with Crippen molar-refractivity contribution in [1.29, 1.82) is 0 Å². The van der Waals surface area contributed by atoms with Crippen molar-refractivity contribution in [2.24, 2.45) is 0 Å². The van der Waals surface area contributed by atoms with Crippen LogP contribution >= 0.6 is 0 Å². The van der Waals surface area contributed by atoms with E-state index in [9.17, 15) is 22.8 Å². The van der Waals surface area contributed by atoms with Gasteiger partial charge in [0.15, 0.2) is 0 Å². The lowest BCUT2D eigenvalue weighted by Crippen LogP contribution is -2.31. The highest BCUT2D eigenvalue weighted by atomic mass is 19.4. The molecule has 5 nitrogen and oxygen atoms in total. The molecule has 0 aromatic heterocycles. The van der Waals surface area contributed by atoms with Crippen LogP contribution in [0.3, 0.4) is 0 Å². The Hall–Kier alpha value is -3.03. The monoisotopic (exact) mass is 380 g/mol. The topological polar surface area (TPSA) is 58.6 Å². The third-order valence-electron chi connectivity index (χ3n) is 3.80. The summed E-state index contributed by atoms with van der Waals surface area (Å²) in [4.78, 5) is 25.4. The molecule has 0 radical (unpaired) electrons. The zero-order chi connectivity index (χ0) is 20.0. The standard InChI is InChI=1S/C19H19F3N2O3/c1-13(25)24(16-6-8-17(27-2)9-7-16)11-10-18(26)23-15-5-3-4-14(12-15)19(20,21)22/h3-9,12H,10-11H2,1-2H3,(H,23,26). The van der Waals surface area contributed by atoms with E-state index in [1.807, 2.05) is 0 Å². The number of amides is 2. The van der Waals surface area contributed by atoms with E-state index >= 15 is 0 Å². The van der Waals surface area contributed by atoms with Crippen LogP contribution in [0.15, 0.2) is 48.5 Å². The van der Waals surface area contributed by atoms with E-state index in [0.717, 1.165) is 12.1 Å². The molecule has 0 atom stereocenters. The summed E-state index contributed by atoms with van der Waals surface area (Å²) in [5, 5.41) is 2.42. The molecular formula is C19H19F3N2O3. The Morgan fingerprint density at radius 1 is 1.11 bits per heavy atom. The molecule has 8 heteroatoms. The predicted molar refractivity (Wildman–Crippen MR) is 95.7 cm³/mol. The summed E-state index contributed by atoms with van der Waals surface area (Å²) in [6, 6.07) is 11.1. The molecule has 0 spiro atoms. The number of carbonyl (C=O) groups is 2. The summed E-state index contributed by atoms with van der Waals surface area (Å²) in [7, 11) is 1.52. The number of nitrogens with zero attached hydrogens (tertiary/aromatic N) is 1. The summed E-state index contributed by atoms with van der Waals surface area (Å²) >= 11 is 0. The minimum absolute atomic E-state index is 0.0497. The van der Waals surface area contributed by atoms with E-state index in [-0.39, 0.29) is 24.6 Å². The van der Waals surface area contributed by atoms with Crippen LogP contribution in [0, 0.1) is 0 Å². The van der Waals surface area contributed by atoms with E-state index < -0.39 is 17.6 Å². The molecule has 0 saturated carbocycles. The van der Waals surface area contributed by atoms with Gasteiger partial charge < -0.3 is 15.0 Å². The largest absolute Gasteiger partial charge is 0.497 e. The number of hydrogen-bond donors (Lipinski definition) is 1. The minimum Gasteiger partial charge on any atom is -0.497 e. The van der Waals surface area contributed by atoms with Gasteiger partial charge in [0.1, 0.15) is 5.75 Å². The smallest absolute Gasteiger partial charge is 0.416 e. The van der Waals surface area contributed by atoms with Gasteiger partial charge >= 0.3 is 6.18 Å². The molecule has 0 fully saturated rings. The molecule has 2 aromatic rings. The van der Waals surface area contributed by atoms with E-state index in [1.54, 1.807) is 24.3 Å². The quantitative estimate of drug-likeness (QED) is 0.821. The molecule has 0 unspecified atom stereocenters. The fourth-order valence-electron chi connectivity index (χ4n) is 2.44. The zero-order valence-electron chi connectivity index (χ0n) is 14.8. The second kappa shape index (κ2) is 8.57. The number of nitrogens with one attached hydrogen (secondary N) is 1. The summed E-state index contributed by atoms with van der Waals surface area (Å²) in [6.07, 6.45) is -4.55. The Morgan fingerprint density at radius 3 is 2.33 bits per heavy atom. The van der Waals surface area contributed by atoms with Gasteiger partial charge in [-0.05, 0) is 42.5 Å². The zero-order valence-corrected chi connectivity index (χ0v) is 14.8. The third kappa shape index (κ3) is 5.73. The minimum atomic E-state index is -4.49. The summed E-state index contributed by atoms with van der Waals surface area (Å²) in [5.74, 6) is -0.120. The van der Waals surface area contributed by atoms with Gasteiger partial charge in [0.2, 0.25) is 11.8 Å². The number of anilines is 2. The average Bonchev–Trinajstić information content (AvgIpc) is 2.61. The number of rotatable bonds is 6. The van der Waals surface area contributed by atoms with Gasteiger partial charge in [-0.15, -0.1) is 0 Å². The van der Waals surface area contributed by atoms with Crippen molar-refractivity contribution in [2.45, 2.75) is 19.5 Å². The molecule has 1 N–H and O–H groups in total. The van der Waals surface area contributed by atoms with Gasteiger partial charge in [0.25, 0.3) is 0 Å². The van der Waals surface area contributed by atoms with E-state index in [0.29, 0.717) is 11.4 Å². The molecule has 0 aliphatic rings. The fourth-order valence-corrected chi connectivity index (χ4v) is 2.44. The summed E-state index contributed by atoms with van der Waals surface area (Å²) < 4.78 is 43.2. The lowest BCUT2D eigenvalue weighted by molar-refractivity contribution is -0.137. The molecule has 2 amide bonds. The predicted octanol–water partition coefficient (Wildman–Crippen LogP) is 4.10. The SMILES string of the molecule is COc1ccc(N(CCC(=O)Nc2cccc(C(F)(F)F)c2)C(C)=O)cc1. The maximum Gasteiger partial charge on any atom is 0.416 e. The van der Waals surface area contributed by atoms with Crippen LogP contribution in [0.4, 0.5) is 24.5 Å². The number of ether oxygens (including phenoxy) is 1. The van der Waals surface area contributed by atoms with Crippen LogP contribution in [0.1, 0.15) is 18.9 Å². The van der Waals surface area contributed by atoms with Crippen LogP contribution in [0.5, 0.6) is 5.75 Å². The first-order valence-electron chi connectivity index (χ1n) is 8.10. The molecule has 0 aliphatic heterocycles. The van der Waals surface area contributed by atoms with E-state index in [2.05, 4.69) is 5.32 Å². The first-order chi connectivity index (χ1) is 12.7. The fraction of sp³-hybridized carbons (Fsp3) is 0.263. The van der Waals surface area contributed by atoms with Gasteiger partial charge in [-0.1, -0.05) is 6.07 Å². The van der Waals surface area contributed by atoms with Gasteiger partial charge in [-0.2, -0.15) is 13.2 Å². The number of carbonyl (C=O) groups excluding carboxylic acids is 2. The lowest BCUT2D eigenvalue weighted by atomic mass is 10.2. The highest BCUT2D eigenvalue weighted by Gasteiger charge is 2.30. The Morgan fingerprint density at radius 2 is 1.78 bits per heavy atom. The molecule has 27 heavy (non-hydrogen) atoms. The van der Waals surface area contributed by atoms with Crippen LogP contribution in [0.25, 0.3) is 0 Å². The Kier molecular flexibility index (Phi) is 6.44. The third-order valence-corrected chi connectivity index (χ3v) is 3.80. The summed E-state index contributed by atoms with van der Waals surface area (Å²) in [6.45, 7) is 1.46. The van der Waals surface area contributed by atoms with Gasteiger partial charge in [0, 0.05) is 31.3 Å². The lowest BCUT2D eigenvalue weighted by Gasteiger charge is -2.21. The normalized spacial score (nSPS) is 11.0. The molecule has 0 aliphatic carbocycles. The Balaban J connectivity index is 2.01. The van der Waals surface area contributed by atoms with E-state index in [1.165, 1.54) is 31.1 Å². The Bertz CT molecular complexity index is 805. The first-order valence-corrected chi connectivity index (χ1v) is 8.10. The number of halogens is 3. The molecule has 144 valence electrons. The van der Waals surface area contributed by atoms with Gasteiger partial charge in [-0.25, -0.2) is 0 Å². The molecule has 2 rings (SSSR count). The van der Waals surface area contributed by atoms with Crippen LogP contribution in [-0.2, 0) is 15.8 Å². The number of benzene rings is 2. The number of alkyl halides is 3. The van der Waals surface area contributed by atoms with Crippen LogP contribution in [0.2, 0.25) is 0 Å². The van der Waals surface area contributed by atoms with Gasteiger partial charge in [-0.3, -0.25) is 9.59 Å².